The fourth-order valence-electron chi connectivity index (χ4n) is 3.50. The van der Waals surface area contributed by atoms with Crippen molar-refractivity contribution >= 4 is 45.8 Å². The van der Waals surface area contributed by atoms with Gasteiger partial charge in [-0.3, -0.25) is 14.9 Å². The van der Waals surface area contributed by atoms with Gasteiger partial charge in [0, 0.05) is 29.7 Å². The molecule has 10 heteroatoms. The number of fused-ring (bicyclic) bond motifs is 1. The molecule has 0 aliphatic rings. The number of aliphatic carboxylic acids is 1. The molecule has 4 rings (SSSR count). The molecule has 170 valence electrons. The molecular weight excluding hydrogens is 458 g/mol. The summed E-state index contributed by atoms with van der Waals surface area (Å²) < 4.78 is 13.4. The van der Waals surface area contributed by atoms with E-state index in [4.69, 9.17) is 4.74 Å². The summed E-state index contributed by atoms with van der Waals surface area (Å²) in [4.78, 5) is 36.5. The second-order valence-corrected chi connectivity index (χ2v) is 7.81. The molecule has 1 N–H and O–H groups in total. The van der Waals surface area contributed by atoms with Crippen LogP contribution >= 0.6 is 11.7 Å². The lowest BCUT2D eigenvalue weighted by Gasteiger charge is -2.13. The number of non-ortho nitro benzene ring substituents is 1. The Labute approximate surface area is 197 Å². The Bertz CT molecular complexity index is 1430. The van der Waals surface area contributed by atoms with Crippen LogP contribution in [-0.2, 0) is 11.2 Å². The fourth-order valence-corrected chi connectivity index (χ4v) is 4.02. The smallest absolute Gasteiger partial charge is 0.336 e. The molecule has 0 radical (unpaired) electrons. The van der Waals surface area contributed by atoms with Crippen molar-refractivity contribution in [2.24, 2.45) is 0 Å². The number of hydrogen-bond acceptors (Lipinski definition) is 8. The number of nitro groups is 1. The normalized spacial score (nSPS) is 11.7. The number of allylic oxidation sites excluding steroid dienone is 1. The average Bonchev–Trinajstić information content (AvgIpc) is 3.31. The maximum atomic E-state index is 13.6. The van der Waals surface area contributed by atoms with Gasteiger partial charge in [0.2, 0.25) is 0 Å². The number of nitrogens with zero attached hydrogens (tertiary/aromatic N) is 3. The van der Waals surface area contributed by atoms with E-state index in [-0.39, 0.29) is 28.8 Å². The van der Waals surface area contributed by atoms with E-state index in [0.717, 1.165) is 11.7 Å². The van der Waals surface area contributed by atoms with Crippen molar-refractivity contribution in [3.8, 4) is 5.75 Å². The first-order valence-corrected chi connectivity index (χ1v) is 10.7. The summed E-state index contributed by atoms with van der Waals surface area (Å²) in [7, 11) is 1.50. The van der Waals surface area contributed by atoms with Crippen LogP contribution in [0.1, 0.15) is 21.5 Å². The predicted octanol–water partition coefficient (Wildman–Crippen LogP) is 4.57. The standard InChI is InChI=1S/C24H17N3O6S/c1-33-18-9-4-15(5-10-18)23(28)19(12-14-2-7-17(8-3-14)27(31)32)22(24(29)30)16-6-11-20-21(13-16)26-34-25-20/h2-11,13H,12H2,1H3,(H,29,30)/b22-19+. The van der Waals surface area contributed by atoms with Crippen LogP contribution in [0.4, 0.5) is 5.69 Å². The molecular formula is C24H17N3O6S. The van der Waals surface area contributed by atoms with Crippen LogP contribution in [0.25, 0.3) is 16.6 Å². The first-order valence-electron chi connectivity index (χ1n) is 9.98. The predicted molar refractivity (Wildman–Crippen MR) is 126 cm³/mol. The van der Waals surface area contributed by atoms with Crippen molar-refractivity contribution in [3.05, 3.63) is 99.1 Å². The monoisotopic (exact) mass is 475 g/mol. The van der Waals surface area contributed by atoms with Crippen LogP contribution in [0.3, 0.4) is 0 Å². The zero-order valence-electron chi connectivity index (χ0n) is 17.8. The summed E-state index contributed by atoms with van der Waals surface area (Å²) in [6.07, 6.45) is -0.0438. The molecule has 0 fully saturated rings. The number of ketones is 1. The highest BCUT2D eigenvalue weighted by Crippen LogP contribution is 2.28. The SMILES string of the molecule is COc1ccc(C(=O)/C(Cc2ccc([N+](=O)[O-])cc2)=C(/C(=O)O)c2ccc3nsnc3c2)cc1. The molecule has 0 spiro atoms. The third kappa shape index (κ3) is 4.66. The Morgan fingerprint density at radius 3 is 2.24 bits per heavy atom. The molecule has 34 heavy (non-hydrogen) atoms. The number of rotatable bonds is 8. The first-order chi connectivity index (χ1) is 16.4. The van der Waals surface area contributed by atoms with Crippen LogP contribution in [0.15, 0.2) is 72.3 Å². The molecule has 0 atom stereocenters. The van der Waals surface area contributed by atoms with Crippen molar-refractivity contribution in [2.45, 2.75) is 6.42 Å². The lowest BCUT2D eigenvalue weighted by Crippen LogP contribution is -2.14. The highest BCUT2D eigenvalue weighted by Gasteiger charge is 2.24. The summed E-state index contributed by atoms with van der Waals surface area (Å²) in [5.74, 6) is -1.20. The van der Waals surface area contributed by atoms with Gasteiger partial charge in [0.05, 0.1) is 29.3 Å². The Morgan fingerprint density at radius 2 is 1.62 bits per heavy atom. The second-order valence-electron chi connectivity index (χ2n) is 7.28. The van der Waals surface area contributed by atoms with Crippen molar-refractivity contribution in [2.75, 3.05) is 7.11 Å². The van der Waals surface area contributed by atoms with Gasteiger partial charge in [-0.05, 0) is 47.5 Å². The van der Waals surface area contributed by atoms with Gasteiger partial charge in [-0.25, -0.2) is 4.79 Å². The third-order valence-corrected chi connectivity index (χ3v) is 5.77. The van der Waals surface area contributed by atoms with Crippen LogP contribution in [0, 0.1) is 10.1 Å². The Kier molecular flexibility index (Phi) is 6.42. The maximum Gasteiger partial charge on any atom is 0.336 e. The number of hydrogen-bond donors (Lipinski definition) is 1. The minimum absolute atomic E-state index is 0.0362. The number of carboxylic acids is 1. The van der Waals surface area contributed by atoms with E-state index in [1.165, 1.54) is 31.4 Å². The highest BCUT2D eigenvalue weighted by atomic mass is 32.1. The number of carbonyl (C=O) groups is 2. The summed E-state index contributed by atoms with van der Waals surface area (Å²) in [6.45, 7) is 0. The van der Waals surface area contributed by atoms with Gasteiger partial charge in [0.1, 0.15) is 16.8 Å². The number of carboxylic acid groups (broad SMARTS) is 1. The van der Waals surface area contributed by atoms with E-state index < -0.39 is 16.7 Å². The molecule has 1 aromatic heterocycles. The van der Waals surface area contributed by atoms with Crippen molar-refractivity contribution in [1.82, 2.24) is 8.75 Å². The molecule has 0 saturated carbocycles. The molecule has 0 aliphatic carbocycles. The molecule has 0 amide bonds. The Hall–Kier alpha value is -4.44. The second kappa shape index (κ2) is 9.59. The summed E-state index contributed by atoms with van der Waals surface area (Å²) >= 11 is 1.01. The fraction of sp³-hybridized carbons (Fsp3) is 0.0833. The Morgan fingerprint density at radius 1 is 0.971 bits per heavy atom. The Balaban J connectivity index is 1.87. The van der Waals surface area contributed by atoms with Gasteiger partial charge in [-0.15, -0.1) is 0 Å². The topological polar surface area (TPSA) is 133 Å². The zero-order chi connectivity index (χ0) is 24.2. The van der Waals surface area contributed by atoms with Crippen molar-refractivity contribution in [1.29, 1.82) is 0 Å². The van der Waals surface area contributed by atoms with E-state index in [2.05, 4.69) is 8.75 Å². The van der Waals surface area contributed by atoms with E-state index in [0.29, 0.717) is 27.9 Å². The number of nitro benzene ring substituents is 1. The van der Waals surface area contributed by atoms with Gasteiger partial charge >= 0.3 is 5.97 Å². The molecule has 0 aliphatic heterocycles. The van der Waals surface area contributed by atoms with Gasteiger partial charge in [-0.1, -0.05) is 18.2 Å². The first kappa shape index (κ1) is 22.7. The molecule has 0 bridgehead atoms. The lowest BCUT2D eigenvalue weighted by atomic mass is 9.89. The van der Waals surface area contributed by atoms with Gasteiger partial charge in [0.15, 0.2) is 5.78 Å². The van der Waals surface area contributed by atoms with Crippen LogP contribution in [0.2, 0.25) is 0 Å². The largest absolute Gasteiger partial charge is 0.497 e. The van der Waals surface area contributed by atoms with E-state index in [1.807, 2.05) is 0 Å². The van der Waals surface area contributed by atoms with Gasteiger partial charge in [-0.2, -0.15) is 8.75 Å². The molecule has 0 saturated heterocycles. The van der Waals surface area contributed by atoms with Crippen molar-refractivity contribution < 1.29 is 24.4 Å². The number of ether oxygens (including phenoxy) is 1. The summed E-state index contributed by atoms with van der Waals surface area (Å²) in [5, 5.41) is 21.1. The maximum absolute atomic E-state index is 13.6. The number of Topliss-reactive ketones (excluding diaryl/α,β-unsaturated/α-hetero) is 1. The van der Waals surface area contributed by atoms with E-state index in [9.17, 15) is 24.8 Å². The van der Waals surface area contributed by atoms with Crippen LogP contribution in [0.5, 0.6) is 5.75 Å². The van der Waals surface area contributed by atoms with Crippen LogP contribution in [-0.4, -0.2) is 37.6 Å². The number of carbonyl (C=O) groups excluding carboxylic acids is 1. The lowest BCUT2D eigenvalue weighted by molar-refractivity contribution is -0.384. The summed E-state index contributed by atoms with van der Waals surface area (Å²) in [5.41, 5.74) is 2.06. The molecule has 9 nitrogen and oxygen atoms in total. The molecule has 0 unspecified atom stereocenters. The minimum atomic E-state index is -1.28. The minimum Gasteiger partial charge on any atom is -0.497 e. The van der Waals surface area contributed by atoms with E-state index in [1.54, 1.807) is 42.5 Å². The molecule has 4 aromatic rings. The van der Waals surface area contributed by atoms with Crippen LogP contribution < -0.4 is 4.74 Å². The third-order valence-electron chi connectivity index (χ3n) is 5.21. The number of methoxy groups -OCH3 is 1. The van der Waals surface area contributed by atoms with Gasteiger partial charge < -0.3 is 9.84 Å². The van der Waals surface area contributed by atoms with Crippen molar-refractivity contribution in [3.63, 3.8) is 0 Å². The molecule has 3 aromatic carbocycles. The average molecular weight is 475 g/mol. The molecule has 1 heterocycles. The summed E-state index contributed by atoms with van der Waals surface area (Å²) in [6, 6.07) is 16.8. The number of benzene rings is 3. The zero-order valence-corrected chi connectivity index (χ0v) is 18.6. The number of aromatic nitrogens is 2. The van der Waals surface area contributed by atoms with E-state index >= 15 is 0 Å². The van der Waals surface area contributed by atoms with Gasteiger partial charge in [0.25, 0.3) is 5.69 Å². The highest BCUT2D eigenvalue weighted by molar-refractivity contribution is 7.00. The quantitative estimate of drug-likeness (QED) is 0.170.